The molecule has 3 heterocycles. The van der Waals surface area contributed by atoms with Crippen molar-refractivity contribution in [2.75, 3.05) is 32.8 Å². The van der Waals surface area contributed by atoms with Crippen LogP contribution in [-0.4, -0.2) is 54.6 Å². The van der Waals surface area contributed by atoms with Crippen LogP contribution in [0.15, 0.2) is 17.5 Å². The van der Waals surface area contributed by atoms with E-state index in [-0.39, 0.29) is 5.91 Å². The van der Waals surface area contributed by atoms with Crippen LogP contribution >= 0.6 is 11.3 Å². The van der Waals surface area contributed by atoms with Crippen molar-refractivity contribution in [1.29, 1.82) is 0 Å². The van der Waals surface area contributed by atoms with Crippen LogP contribution in [-0.2, 0) is 9.53 Å². The molecule has 2 atom stereocenters. The lowest BCUT2D eigenvalue weighted by Crippen LogP contribution is -2.49. The summed E-state index contributed by atoms with van der Waals surface area (Å²) in [4.78, 5) is 18.3. The number of carbonyl (C=O) groups excluding carboxylic acids is 1. The SMILES string of the molecule is C[C@H]1COCCN1CC(=O)N1CCC[C@H]1c1cccs1. The van der Waals surface area contributed by atoms with Crippen molar-refractivity contribution in [1.82, 2.24) is 9.80 Å². The predicted octanol–water partition coefficient (Wildman–Crippen LogP) is 2.13. The topological polar surface area (TPSA) is 32.8 Å². The quantitative estimate of drug-likeness (QED) is 0.856. The number of morpholine rings is 1. The molecule has 110 valence electrons. The van der Waals surface area contributed by atoms with E-state index in [4.69, 9.17) is 4.74 Å². The first kappa shape index (κ1) is 14.0. The fourth-order valence-electron chi connectivity index (χ4n) is 3.10. The number of likely N-dealkylation sites (tertiary alicyclic amines) is 1. The van der Waals surface area contributed by atoms with Gasteiger partial charge in [0.15, 0.2) is 0 Å². The molecule has 0 aliphatic carbocycles. The van der Waals surface area contributed by atoms with E-state index in [1.165, 1.54) is 4.88 Å². The molecule has 5 heteroatoms. The third-order valence-corrected chi connectivity index (χ3v) is 5.26. The first-order valence-corrected chi connectivity index (χ1v) is 8.28. The van der Waals surface area contributed by atoms with Gasteiger partial charge in [0.05, 0.1) is 25.8 Å². The first-order valence-electron chi connectivity index (χ1n) is 7.40. The van der Waals surface area contributed by atoms with Gasteiger partial charge in [-0.15, -0.1) is 11.3 Å². The van der Waals surface area contributed by atoms with Gasteiger partial charge in [0, 0.05) is 24.0 Å². The Balaban J connectivity index is 1.64. The number of amides is 1. The third-order valence-electron chi connectivity index (χ3n) is 4.29. The number of carbonyl (C=O) groups is 1. The molecule has 2 saturated heterocycles. The Morgan fingerprint density at radius 3 is 3.15 bits per heavy atom. The molecule has 0 spiro atoms. The number of nitrogens with zero attached hydrogens (tertiary/aromatic N) is 2. The van der Waals surface area contributed by atoms with E-state index in [1.807, 2.05) is 0 Å². The lowest BCUT2D eigenvalue weighted by molar-refractivity contribution is -0.135. The van der Waals surface area contributed by atoms with E-state index >= 15 is 0 Å². The van der Waals surface area contributed by atoms with Gasteiger partial charge in [-0.25, -0.2) is 0 Å². The number of hydrogen-bond donors (Lipinski definition) is 0. The summed E-state index contributed by atoms with van der Waals surface area (Å²) in [5, 5.41) is 2.10. The second-order valence-electron chi connectivity index (χ2n) is 5.65. The highest BCUT2D eigenvalue weighted by molar-refractivity contribution is 7.10. The number of rotatable bonds is 3. The van der Waals surface area contributed by atoms with Crippen LogP contribution in [0.2, 0.25) is 0 Å². The van der Waals surface area contributed by atoms with Crippen molar-refractivity contribution in [2.45, 2.75) is 31.8 Å². The molecular weight excluding hydrogens is 272 g/mol. The van der Waals surface area contributed by atoms with E-state index in [1.54, 1.807) is 11.3 Å². The molecule has 20 heavy (non-hydrogen) atoms. The summed E-state index contributed by atoms with van der Waals surface area (Å²) in [5.41, 5.74) is 0. The van der Waals surface area contributed by atoms with E-state index in [9.17, 15) is 4.79 Å². The summed E-state index contributed by atoms with van der Waals surface area (Å²) in [6.45, 7) is 5.91. The average molecular weight is 294 g/mol. The largest absolute Gasteiger partial charge is 0.379 e. The highest BCUT2D eigenvalue weighted by Crippen LogP contribution is 2.34. The van der Waals surface area contributed by atoms with Crippen molar-refractivity contribution < 1.29 is 9.53 Å². The molecule has 3 rings (SSSR count). The van der Waals surface area contributed by atoms with Crippen LogP contribution in [0.25, 0.3) is 0 Å². The van der Waals surface area contributed by atoms with Gasteiger partial charge in [-0.05, 0) is 31.2 Å². The molecule has 4 nitrogen and oxygen atoms in total. The molecule has 0 bridgehead atoms. The summed E-state index contributed by atoms with van der Waals surface area (Å²) in [6.07, 6.45) is 2.22. The molecule has 0 radical (unpaired) electrons. The van der Waals surface area contributed by atoms with Gasteiger partial charge < -0.3 is 9.64 Å². The Labute approximate surface area is 124 Å². The highest BCUT2D eigenvalue weighted by atomic mass is 32.1. The van der Waals surface area contributed by atoms with Gasteiger partial charge in [0.1, 0.15) is 0 Å². The van der Waals surface area contributed by atoms with Gasteiger partial charge in [-0.3, -0.25) is 9.69 Å². The summed E-state index contributed by atoms with van der Waals surface area (Å²) in [5.74, 6) is 0.273. The van der Waals surface area contributed by atoms with Crippen LogP contribution in [0.4, 0.5) is 0 Å². The summed E-state index contributed by atoms with van der Waals surface area (Å²) in [7, 11) is 0. The minimum Gasteiger partial charge on any atom is -0.379 e. The molecule has 0 unspecified atom stereocenters. The normalized spacial score (nSPS) is 27.9. The predicted molar refractivity (Wildman–Crippen MR) is 79.9 cm³/mol. The smallest absolute Gasteiger partial charge is 0.237 e. The van der Waals surface area contributed by atoms with Crippen LogP contribution in [0.1, 0.15) is 30.7 Å². The summed E-state index contributed by atoms with van der Waals surface area (Å²) < 4.78 is 5.43. The Morgan fingerprint density at radius 2 is 2.40 bits per heavy atom. The fourth-order valence-corrected chi connectivity index (χ4v) is 3.98. The van der Waals surface area contributed by atoms with Gasteiger partial charge in [0.25, 0.3) is 0 Å². The van der Waals surface area contributed by atoms with Gasteiger partial charge in [-0.1, -0.05) is 6.07 Å². The Kier molecular flexibility index (Phi) is 4.38. The standard InChI is InChI=1S/C15H22N2O2S/c1-12-11-19-8-7-16(12)10-15(18)17-6-2-4-13(17)14-5-3-9-20-14/h3,5,9,12-13H,2,4,6-8,10-11H2,1H3/t12-,13-/m0/s1. The molecule has 1 aromatic rings. The van der Waals surface area contributed by atoms with E-state index in [0.29, 0.717) is 18.6 Å². The monoisotopic (exact) mass is 294 g/mol. The van der Waals surface area contributed by atoms with Crippen LogP contribution in [0.3, 0.4) is 0 Å². The fraction of sp³-hybridized carbons (Fsp3) is 0.667. The van der Waals surface area contributed by atoms with Crippen molar-refractivity contribution in [3.05, 3.63) is 22.4 Å². The zero-order valence-electron chi connectivity index (χ0n) is 12.0. The van der Waals surface area contributed by atoms with Crippen LogP contribution in [0.5, 0.6) is 0 Å². The Bertz CT molecular complexity index is 449. The summed E-state index contributed by atoms with van der Waals surface area (Å²) in [6, 6.07) is 4.87. The molecule has 0 N–H and O–H groups in total. The zero-order valence-corrected chi connectivity index (χ0v) is 12.8. The van der Waals surface area contributed by atoms with E-state index < -0.39 is 0 Å². The lowest BCUT2D eigenvalue weighted by Gasteiger charge is -2.34. The number of ether oxygens (including phenoxy) is 1. The van der Waals surface area contributed by atoms with Crippen molar-refractivity contribution in [3.63, 3.8) is 0 Å². The van der Waals surface area contributed by atoms with E-state index in [2.05, 4.69) is 34.2 Å². The molecular formula is C15H22N2O2S. The van der Waals surface area contributed by atoms with Gasteiger partial charge in [0.2, 0.25) is 5.91 Å². The third kappa shape index (κ3) is 2.90. The highest BCUT2D eigenvalue weighted by Gasteiger charge is 2.32. The van der Waals surface area contributed by atoms with Crippen molar-refractivity contribution in [2.24, 2.45) is 0 Å². The van der Waals surface area contributed by atoms with Gasteiger partial charge >= 0.3 is 0 Å². The second kappa shape index (κ2) is 6.24. The Hall–Kier alpha value is -0.910. The molecule has 0 aromatic carbocycles. The number of hydrogen-bond acceptors (Lipinski definition) is 4. The summed E-state index contributed by atoms with van der Waals surface area (Å²) >= 11 is 1.76. The van der Waals surface area contributed by atoms with Crippen molar-refractivity contribution in [3.8, 4) is 0 Å². The minimum atomic E-state index is 0.273. The van der Waals surface area contributed by atoms with Crippen LogP contribution < -0.4 is 0 Å². The molecule has 0 saturated carbocycles. The molecule has 2 aliphatic rings. The second-order valence-corrected chi connectivity index (χ2v) is 6.63. The van der Waals surface area contributed by atoms with Gasteiger partial charge in [-0.2, -0.15) is 0 Å². The molecule has 1 aromatic heterocycles. The minimum absolute atomic E-state index is 0.273. The average Bonchev–Trinajstić information content (AvgIpc) is 3.11. The molecule has 2 fully saturated rings. The van der Waals surface area contributed by atoms with Crippen LogP contribution in [0, 0.1) is 0 Å². The maximum Gasteiger partial charge on any atom is 0.237 e. The lowest BCUT2D eigenvalue weighted by atomic mass is 10.2. The van der Waals surface area contributed by atoms with E-state index in [0.717, 1.165) is 39.1 Å². The Morgan fingerprint density at radius 1 is 1.50 bits per heavy atom. The first-order chi connectivity index (χ1) is 9.75. The zero-order chi connectivity index (χ0) is 13.9. The maximum atomic E-state index is 12.6. The molecule has 2 aliphatic heterocycles. The van der Waals surface area contributed by atoms with Crippen molar-refractivity contribution >= 4 is 17.2 Å². The number of thiophene rings is 1. The molecule has 1 amide bonds. The maximum absolute atomic E-state index is 12.6.